The third-order valence-corrected chi connectivity index (χ3v) is 3.32. The molecule has 0 aromatic heterocycles. The van der Waals surface area contributed by atoms with Crippen molar-refractivity contribution in [1.29, 1.82) is 0 Å². The van der Waals surface area contributed by atoms with E-state index >= 15 is 0 Å². The fourth-order valence-electron chi connectivity index (χ4n) is 1.41. The van der Waals surface area contributed by atoms with Crippen LogP contribution in [0.3, 0.4) is 0 Å². The van der Waals surface area contributed by atoms with E-state index in [4.69, 9.17) is 4.74 Å². The van der Waals surface area contributed by atoms with Crippen LogP contribution < -0.4 is 0 Å². The predicted octanol–water partition coefficient (Wildman–Crippen LogP) is 2.77. The first-order chi connectivity index (χ1) is 7.97. The number of esters is 1. The summed E-state index contributed by atoms with van der Waals surface area (Å²) in [7, 11) is 0. The highest BCUT2D eigenvalue weighted by atomic mass is 79.9. The van der Waals surface area contributed by atoms with Crippen LogP contribution in [0.1, 0.15) is 18.1 Å². The van der Waals surface area contributed by atoms with Gasteiger partial charge in [0.05, 0.1) is 22.4 Å². The van der Waals surface area contributed by atoms with Gasteiger partial charge in [0.25, 0.3) is 5.69 Å². The van der Waals surface area contributed by atoms with Gasteiger partial charge in [0.1, 0.15) is 0 Å². The van der Waals surface area contributed by atoms with Crippen molar-refractivity contribution < 1.29 is 14.5 Å². The Morgan fingerprint density at radius 2 is 2.18 bits per heavy atom. The van der Waals surface area contributed by atoms with Gasteiger partial charge in [-0.15, -0.1) is 0 Å². The summed E-state index contributed by atoms with van der Waals surface area (Å²) < 4.78 is 5.24. The minimum atomic E-state index is -0.467. The molecule has 5 nitrogen and oxygen atoms in total. The second kappa shape index (κ2) is 5.77. The van der Waals surface area contributed by atoms with Crippen molar-refractivity contribution in [3.63, 3.8) is 0 Å². The van der Waals surface area contributed by atoms with E-state index in [0.717, 1.165) is 5.56 Å². The van der Waals surface area contributed by atoms with Crippen molar-refractivity contribution >= 4 is 27.6 Å². The van der Waals surface area contributed by atoms with Crippen molar-refractivity contribution in [2.75, 3.05) is 6.61 Å². The number of nitro benzene ring substituents is 1. The molecule has 0 aliphatic rings. The summed E-state index contributed by atoms with van der Waals surface area (Å²) in [4.78, 5) is 21.6. The number of ether oxygens (including phenoxy) is 1. The smallest absolute Gasteiger partial charge is 0.310 e. The number of carbonyl (C=O) groups is 1. The van der Waals surface area contributed by atoms with Crippen LogP contribution in [0.4, 0.5) is 5.69 Å². The Hall–Kier alpha value is -1.43. The normalized spacial score (nSPS) is 10.1. The molecule has 1 aromatic rings. The molecular weight excluding hydrogens is 290 g/mol. The lowest BCUT2D eigenvalue weighted by Crippen LogP contribution is -2.09. The van der Waals surface area contributed by atoms with E-state index < -0.39 is 4.92 Å². The van der Waals surface area contributed by atoms with Crippen LogP contribution in [0, 0.1) is 17.0 Å². The molecule has 0 radical (unpaired) electrons. The van der Waals surface area contributed by atoms with Gasteiger partial charge in [-0.2, -0.15) is 0 Å². The van der Waals surface area contributed by atoms with Crippen molar-refractivity contribution in [2.24, 2.45) is 0 Å². The first-order valence-corrected chi connectivity index (χ1v) is 5.84. The molecule has 0 bridgehead atoms. The first kappa shape index (κ1) is 13.6. The molecule has 0 N–H and O–H groups in total. The highest BCUT2D eigenvalue weighted by Gasteiger charge is 2.17. The zero-order chi connectivity index (χ0) is 13.0. The van der Waals surface area contributed by atoms with Gasteiger partial charge in [0.15, 0.2) is 0 Å². The molecule has 0 heterocycles. The zero-order valence-corrected chi connectivity index (χ0v) is 11.1. The van der Waals surface area contributed by atoms with Crippen LogP contribution in [0.2, 0.25) is 0 Å². The molecule has 1 rings (SSSR count). The Balaban J connectivity index is 3.00. The maximum absolute atomic E-state index is 11.3. The largest absolute Gasteiger partial charge is 0.466 e. The van der Waals surface area contributed by atoms with Gasteiger partial charge in [0.2, 0.25) is 0 Å². The fraction of sp³-hybridized carbons (Fsp3) is 0.364. The molecule has 0 aliphatic carbocycles. The second-order valence-electron chi connectivity index (χ2n) is 3.42. The van der Waals surface area contributed by atoms with E-state index in [2.05, 4.69) is 15.9 Å². The van der Waals surface area contributed by atoms with Gasteiger partial charge in [0, 0.05) is 6.07 Å². The average Bonchev–Trinajstić information content (AvgIpc) is 2.25. The number of benzene rings is 1. The number of halogens is 1. The summed E-state index contributed by atoms with van der Waals surface area (Å²) in [6.45, 7) is 3.79. The van der Waals surface area contributed by atoms with Crippen molar-refractivity contribution in [2.45, 2.75) is 20.3 Å². The van der Waals surface area contributed by atoms with Gasteiger partial charge >= 0.3 is 5.97 Å². The minimum Gasteiger partial charge on any atom is -0.466 e. The molecular formula is C11H12BrNO4. The van der Waals surface area contributed by atoms with Crippen LogP contribution in [0.15, 0.2) is 16.6 Å². The number of rotatable bonds is 4. The van der Waals surface area contributed by atoms with E-state index in [1.807, 2.05) is 0 Å². The number of nitro groups is 1. The molecule has 1 aromatic carbocycles. The lowest BCUT2D eigenvalue weighted by atomic mass is 10.1. The number of hydrogen-bond acceptors (Lipinski definition) is 4. The molecule has 6 heteroatoms. The van der Waals surface area contributed by atoms with Crippen molar-refractivity contribution in [1.82, 2.24) is 0 Å². The first-order valence-electron chi connectivity index (χ1n) is 5.05. The topological polar surface area (TPSA) is 69.4 Å². The zero-order valence-electron chi connectivity index (χ0n) is 9.53. The van der Waals surface area contributed by atoms with Crippen LogP contribution >= 0.6 is 15.9 Å². The molecule has 0 saturated carbocycles. The molecule has 0 atom stereocenters. The third-order valence-electron chi connectivity index (χ3n) is 2.31. The SMILES string of the molecule is CCOC(=O)Cc1ccc([N+](=O)[O-])c(Br)c1C. The maximum atomic E-state index is 11.3. The van der Waals surface area contributed by atoms with Crippen LogP contribution in [-0.2, 0) is 16.0 Å². The minimum absolute atomic E-state index is 0.00453. The summed E-state index contributed by atoms with van der Waals surface area (Å²) in [6, 6.07) is 2.96. The Kier molecular flexibility index (Phi) is 4.62. The molecule has 17 heavy (non-hydrogen) atoms. The Morgan fingerprint density at radius 3 is 2.71 bits per heavy atom. The Morgan fingerprint density at radius 1 is 1.53 bits per heavy atom. The quantitative estimate of drug-likeness (QED) is 0.487. The van der Waals surface area contributed by atoms with Crippen molar-refractivity contribution in [3.05, 3.63) is 37.8 Å². The molecule has 0 fully saturated rings. The Labute approximate surface area is 107 Å². The fourth-order valence-corrected chi connectivity index (χ4v) is 1.94. The monoisotopic (exact) mass is 301 g/mol. The van der Waals surface area contributed by atoms with Gasteiger partial charge in [-0.1, -0.05) is 6.07 Å². The number of carbonyl (C=O) groups excluding carboxylic acids is 1. The van der Waals surface area contributed by atoms with Crippen molar-refractivity contribution in [3.8, 4) is 0 Å². The second-order valence-corrected chi connectivity index (χ2v) is 4.21. The van der Waals surface area contributed by atoms with Gasteiger partial charge in [-0.3, -0.25) is 14.9 Å². The summed E-state index contributed by atoms with van der Waals surface area (Å²) in [5, 5.41) is 10.7. The van der Waals surface area contributed by atoms with Gasteiger partial charge in [-0.05, 0) is 40.9 Å². The molecule has 0 saturated heterocycles. The van der Waals surface area contributed by atoms with Crippen LogP contribution in [0.5, 0.6) is 0 Å². The van der Waals surface area contributed by atoms with E-state index in [0.29, 0.717) is 16.6 Å². The number of hydrogen-bond donors (Lipinski definition) is 0. The van der Waals surface area contributed by atoms with Crippen LogP contribution in [-0.4, -0.2) is 17.5 Å². The van der Waals surface area contributed by atoms with E-state index in [1.54, 1.807) is 19.9 Å². The molecule has 0 aliphatic heterocycles. The highest BCUT2D eigenvalue weighted by Crippen LogP contribution is 2.30. The van der Waals surface area contributed by atoms with E-state index in [-0.39, 0.29) is 18.1 Å². The molecule has 0 unspecified atom stereocenters. The summed E-state index contributed by atoms with van der Waals surface area (Å²) in [5.41, 5.74) is 1.41. The highest BCUT2D eigenvalue weighted by molar-refractivity contribution is 9.10. The molecule has 92 valence electrons. The van der Waals surface area contributed by atoms with Gasteiger partial charge < -0.3 is 4.74 Å². The summed E-state index contributed by atoms with van der Waals surface area (Å²) in [5.74, 6) is -0.337. The summed E-state index contributed by atoms with van der Waals surface area (Å²) >= 11 is 3.17. The van der Waals surface area contributed by atoms with E-state index in [9.17, 15) is 14.9 Å². The Bertz CT molecular complexity index is 459. The standard InChI is InChI=1S/C11H12BrNO4/c1-3-17-10(14)6-8-4-5-9(13(15)16)11(12)7(8)2/h4-5H,3,6H2,1-2H3. The maximum Gasteiger partial charge on any atom is 0.310 e. The summed E-state index contributed by atoms with van der Waals surface area (Å²) in [6.07, 6.45) is 0.121. The molecule has 0 amide bonds. The van der Waals surface area contributed by atoms with Crippen LogP contribution in [0.25, 0.3) is 0 Å². The predicted molar refractivity (Wildman–Crippen MR) is 65.9 cm³/mol. The third kappa shape index (κ3) is 3.26. The lowest BCUT2D eigenvalue weighted by molar-refractivity contribution is -0.385. The van der Waals surface area contributed by atoms with E-state index in [1.165, 1.54) is 6.07 Å². The number of nitrogens with zero attached hydrogens (tertiary/aromatic N) is 1. The van der Waals surface area contributed by atoms with Gasteiger partial charge in [-0.25, -0.2) is 0 Å². The average molecular weight is 302 g/mol. The lowest BCUT2D eigenvalue weighted by Gasteiger charge is -2.07. The molecule has 0 spiro atoms.